The van der Waals surface area contributed by atoms with Crippen molar-refractivity contribution in [2.45, 2.75) is 38.6 Å². The van der Waals surface area contributed by atoms with Crippen LogP contribution in [0.25, 0.3) is 11.5 Å². The lowest BCUT2D eigenvalue weighted by atomic mass is 10.1. The normalized spacial score (nSPS) is 11.4. The summed E-state index contributed by atoms with van der Waals surface area (Å²) in [6, 6.07) is 8.22. The summed E-state index contributed by atoms with van der Waals surface area (Å²) in [7, 11) is 0. The number of hydrogen-bond acceptors (Lipinski definition) is 6. The zero-order chi connectivity index (χ0) is 18.3. The molecule has 0 aliphatic heterocycles. The first-order valence-electron chi connectivity index (χ1n) is 8.33. The number of rotatable bonds is 4. The van der Waals surface area contributed by atoms with E-state index in [0.29, 0.717) is 5.75 Å². The summed E-state index contributed by atoms with van der Waals surface area (Å²) in [6.45, 7) is 8.17. The Bertz CT molecular complexity index is 1080. The summed E-state index contributed by atoms with van der Waals surface area (Å²) in [5, 5.41) is 13.0. The lowest BCUT2D eigenvalue weighted by Crippen LogP contribution is -2.04. The molecule has 0 unspecified atom stereocenters. The lowest BCUT2D eigenvalue weighted by Gasteiger charge is -2.10. The summed E-state index contributed by atoms with van der Waals surface area (Å²) < 4.78 is 3.82. The van der Waals surface area contributed by atoms with Crippen molar-refractivity contribution in [3.05, 3.63) is 58.7 Å². The van der Waals surface area contributed by atoms with Crippen molar-refractivity contribution in [3.8, 4) is 5.69 Å². The highest BCUT2D eigenvalue weighted by molar-refractivity contribution is 7.98. The Balaban J connectivity index is 1.62. The van der Waals surface area contributed by atoms with Gasteiger partial charge in [0.15, 0.2) is 0 Å². The van der Waals surface area contributed by atoms with Crippen LogP contribution in [0.2, 0.25) is 0 Å². The van der Waals surface area contributed by atoms with E-state index in [0.717, 1.165) is 44.8 Å². The monoisotopic (exact) mass is 365 g/mol. The van der Waals surface area contributed by atoms with E-state index < -0.39 is 0 Å². The standard InChI is InChI=1S/C18H19N7S/c1-11-6-5-7-12(2)16(11)25-18(21-22-23-25)26-10-15-9-24-14(4)8-13(3)19-17(24)20-15/h5-9H,10H2,1-4H3. The second-order valence-electron chi connectivity index (χ2n) is 6.34. The van der Waals surface area contributed by atoms with E-state index in [1.807, 2.05) is 29.7 Å². The Morgan fingerprint density at radius 2 is 1.81 bits per heavy atom. The first-order chi connectivity index (χ1) is 12.5. The molecule has 8 heteroatoms. The zero-order valence-corrected chi connectivity index (χ0v) is 15.9. The Hall–Kier alpha value is -2.74. The number of imidazole rings is 1. The Morgan fingerprint density at radius 3 is 2.58 bits per heavy atom. The molecule has 0 aliphatic rings. The first-order valence-corrected chi connectivity index (χ1v) is 9.31. The van der Waals surface area contributed by atoms with Gasteiger partial charge in [0, 0.05) is 23.3 Å². The highest BCUT2D eigenvalue weighted by Crippen LogP contribution is 2.25. The van der Waals surface area contributed by atoms with E-state index >= 15 is 0 Å². The third-order valence-corrected chi connectivity index (χ3v) is 5.21. The molecule has 0 atom stereocenters. The lowest BCUT2D eigenvalue weighted by molar-refractivity contribution is 0.747. The third-order valence-electron chi connectivity index (χ3n) is 4.25. The Labute approximate surface area is 155 Å². The quantitative estimate of drug-likeness (QED) is 0.517. The molecule has 0 N–H and O–H groups in total. The van der Waals surface area contributed by atoms with E-state index in [-0.39, 0.29) is 0 Å². The molecule has 0 saturated heterocycles. The van der Waals surface area contributed by atoms with Gasteiger partial charge >= 0.3 is 0 Å². The molecule has 0 aliphatic carbocycles. The van der Waals surface area contributed by atoms with Gasteiger partial charge in [-0.2, -0.15) is 4.68 Å². The number of hydrogen-bond donors (Lipinski definition) is 0. The highest BCUT2D eigenvalue weighted by atomic mass is 32.2. The molecule has 132 valence electrons. The van der Waals surface area contributed by atoms with Gasteiger partial charge < -0.3 is 0 Å². The van der Waals surface area contributed by atoms with E-state index in [1.54, 1.807) is 16.4 Å². The summed E-state index contributed by atoms with van der Waals surface area (Å²) in [5.74, 6) is 1.40. The van der Waals surface area contributed by atoms with Gasteiger partial charge in [0.25, 0.3) is 0 Å². The first kappa shape index (κ1) is 16.7. The molecule has 1 aromatic carbocycles. The topological polar surface area (TPSA) is 73.8 Å². The second-order valence-corrected chi connectivity index (χ2v) is 7.29. The molecule has 7 nitrogen and oxygen atoms in total. The third kappa shape index (κ3) is 2.96. The predicted octanol–water partition coefficient (Wildman–Crippen LogP) is 3.23. The average molecular weight is 365 g/mol. The van der Waals surface area contributed by atoms with Crippen molar-refractivity contribution >= 4 is 17.5 Å². The van der Waals surface area contributed by atoms with Crippen molar-refractivity contribution in [1.82, 2.24) is 34.6 Å². The minimum absolute atomic E-state index is 0.674. The van der Waals surface area contributed by atoms with Gasteiger partial charge in [0.2, 0.25) is 10.9 Å². The summed E-state index contributed by atoms with van der Waals surface area (Å²) >= 11 is 1.57. The van der Waals surface area contributed by atoms with Crippen LogP contribution in [-0.2, 0) is 5.75 Å². The molecule has 3 aromatic heterocycles. The second kappa shape index (κ2) is 6.53. The van der Waals surface area contributed by atoms with Gasteiger partial charge in [-0.15, -0.1) is 5.10 Å². The minimum atomic E-state index is 0.674. The number of fused-ring (bicyclic) bond motifs is 1. The molecule has 3 heterocycles. The van der Waals surface area contributed by atoms with Crippen LogP contribution >= 0.6 is 11.8 Å². The van der Waals surface area contributed by atoms with Crippen LogP contribution in [0.1, 0.15) is 28.2 Å². The van der Waals surface area contributed by atoms with Crippen LogP contribution < -0.4 is 0 Å². The maximum Gasteiger partial charge on any atom is 0.234 e. The average Bonchev–Trinajstić information content (AvgIpc) is 3.19. The largest absolute Gasteiger partial charge is 0.288 e. The number of benzene rings is 1. The fourth-order valence-electron chi connectivity index (χ4n) is 3.08. The van der Waals surface area contributed by atoms with Crippen LogP contribution in [0.15, 0.2) is 35.6 Å². The molecular weight excluding hydrogens is 346 g/mol. The maximum atomic E-state index is 4.62. The number of nitrogens with zero attached hydrogens (tertiary/aromatic N) is 7. The molecule has 26 heavy (non-hydrogen) atoms. The predicted molar refractivity (Wildman–Crippen MR) is 101 cm³/mol. The smallest absolute Gasteiger partial charge is 0.234 e. The van der Waals surface area contributed by atoms with Gasteiger partial charge in [-0.25, -0.2) is 9.97 Å². The van der Waals surface area contributed by atoms with Gasteiger partial charge in [-0.1, -0.05) is 30.0 Å². The molecule has 0 fully saturated rings. The number of aromatic nitrogens is 7. The highest BCUT2D eigenvalue weighted by Gasteiger charge is 2.14. The minimum Gasteiger partial charge on any atom is -0.288 e. The number of tetrazole rings is 1. The van der Waals surface area contributed by atoms with Crippen LogP contribution in [-0.4, -0.2) is 34.6 Å². The van der Waals surface area contributed by atoms with E-state index in [1.165, 1.54) is 0 Å². The van der Waals surface area contributed by atoms with Gasteiger partial charge in [0.05, 0.1) is 11.4 Å². The van der Waals surface area contributed by atoms with E-state index in [9.17, 15) is 0 Å². The maximum absolute atomic E-state index is 4.62. The van der Waals surface area contributed by atoms with Gasteiger partial charge in [-0.3, -0.25) is 4.40 Å². The Morgan fingerprint density at radius 1 is 1.04 bits per heavy atom. The molecule has 4 rings (SSSR count). The number of aryl methyl sites for hydroxylation is 4. The van der Waals surface area contributed by atoms with Crippen molar-refractivity contribution in [1.29, 1.82) is 0 Å². The summed E-state index contributed by atoms with van der Waals surface area (Å²) in [5.41, 5.74) is 6.36. The molecule has 0 saturated carbocycles. The molecule has 0 bridgehead atoms. The Kier molecular flexibility index (Phi) is 4.20. The molecule has 4 aromatic rings. The molecule has 0 radical (unpaired) electrons. The van der Waals surface area contributed by atoms with Crippen molar-refractivity contribution in [2.75, 3.05) is 0 Å². The van der Waals surface area contributed by atoms with Crippen molar-refractivity contribution in [2.24, 2.45) is 0 Å². The fraction of sp³-hybridized carbons (Fsp3) is 0.278. The summed E-state index contributed by atoms with van der Waals surface area (Å²) in [6.07, 6.45) is 2.03. The van der Waals surface area contributed by atoms with Crippen LogP contribution in [0.3, 0.4) is 0 Å². The van der Waals surface area contributed by atoms with Crippen molar-refractivity contribution in [3.63, 3.8) is 0 Å². The van der Waals surface area contributed by atoms with E-state index in [2.05, 4.69) is 58.4 Å². The van der Waals surface area contributed by atoms with Crippen LogP contribution in [0, 0.1) is 27.7 Å². The number of para-hydroxylation sites is 1. The van der Waals surface area contributed by atoms with Crippen molar-refractivity contribution < 1.29 is 0 Å². The zero-order valence-electron chi connectivity index (χ0n) is 15.1. The molecular formula is C18H19N7S. The summed E-state index contributed by atoms with van der Waals surface area (Å²) in [4.78, 5) is 9.11. The van der Waals surface area contributed by atoms with E-state index in [4.69, 9.17) is 0 Å². The molecule has 0 amide bonds. The van der Waals surface area contributed by atoms with Crippen LogP contribution in [0.5, 0.6) is 0 Å². The number of thioether (sulfide) groups is 1. The fourth-order valence-corrected chi connectivity index (χ4v) is 3.84. The van der Waals surface area contributed by atoms with Crippen LogP contribution in [0.4, 0.5) is 0 Å². The SMILES string of the molecule is Cc1cc(C)n2cc(CSc3nnnn3-c3c(C)cccc3C)nc2n1. The molecule has 0 spiro atoms. The van der Waals surface area contributed by atoms with Gasteiger partial charge in [-0.05, 0) is 55.3 Å². The van der Waals surface area contributed by atoms with Gasteiger partial charge in [0.1, 0.15) is 0 Å².